The maximum Gasteiger partial charge on any atom is 0.0488 e. The van der Waals surface area contributed by atoms with E-state index in [9.17, 15) is 5.11 Å². The van der Waals surface area contributed by atoms with Gasteiger partial charge in [0.05, 0.1) is 0 Å². The van der Waals surface area contributed by atoms with E-state index in [4.69, 9.17) is 5.73 Å². The van der Waals surface area contributed by atoms with Crippen LogP contribution >= 0.6 is 0 Å². The molecule has 0 radical (unpaired) electrons. The molecule has 0 bridgehead atoms. The van der Waals surface area contributed by atoms with Gasteiger partial charge in [-0.25, -0.2) is 0 Å². The van der Waals surface area contributed by atoms with E-state index < -0.39 is 0 Å². The van der Waals surface area contributed by atoms with Crippen molar-refractivity contribution in [2.75, 3.05) is 13.2 Å². The van der Waals surface area contributed by atoms with Crippen molar-refractivity contribution in [3.8, 4) is 0 Å². The number of aliphatic hydroxyl groups excluding tert-OH is 1. The molecule has 78 valence electrons. The van der Waals surface area contributed by atoms with Crippen LogP contribution in [-0.2, 0) is 0 Å². The summed E-state index contributed by atoms with van der Waals surface area (Å²) in [7, 11) is 0. The standard InChI is InChI=1S/C12H19NO/c1-12(2,9-14)11(8-13)10-6-4-3-5-7-10/h3-7,11,14H,8-9,13H2,1-2H3/t11-/m0/s1. The van der Waals surface area contributed by atoms with Gasteiger partial charge in [-0.1, -0.05) is 44.2 Å². The molecule has 0 fully saturated rings. The van der Waals surface area contributed by atoms with Crippen molar-refractivity contribution in [3.05, 3.63) is 35.9 Å². The average Bonchev–Trinajstić information content (AvgIpc) is 2.20. The predicted octanol–water partition coefficient (Wildman–Crippen LogP) is 1.75. The van der Waals surface area contributed by atoms with E-state index in [2.05, 4.69) is 12.1 Å². The van der Waals surface area contributed by atoms with Gasteiger partial charge in [-0.2, -0.15) is 0 Å². The molecule has 2 nitrogen and oxygen atoms in total. The molecule has 1 rings (SSSR count). The topological polar surface area (TPSA) is 46.2 Å². The summed E-state index contributed by atoms with van der Waals surface area (Å²) >= 11 is 0. The molecule has 0 unspecified atom stereocenters. The Hall–Kier alpha value is -0.860. The Morgan fingerprint density at radius 2 is 1.86 bits per heavy atom. The lowest BCUT2D eigenvalue weighted by atomic mass is 9.75. The molecule has 0 aliphatic heterocycles. The minimum atomic E-state index is -0.157. The summed E-state index contributed by atoms with van der Waals surface area (Å²) < 4.78 is 0. The van der Waals surface area contributed by atoms with Gasteiger partial charge in [0.15, 0.2) is 0 Å². The molecule has 1 aromatic rings. The third-order valence-corrected chi connectivity index (χ3v) is 2.79. The average molecular weight is 193 g/mol. The first-order valence-electron chi connectivity index (χ1n) is 4.97. The van der Waals surface area contributed by atoms with Crippen molar-refractivity contribution in [3.63, 3.8) is 0 Å². The second-order valence-corrected chi connectivity index (χ2v) is 4.35. The van der Waals surface area contributed by atoms with Crippen LogP contribution in [0.2, 0.25) is 0 Å². The summed E-state index contributed by atoms with van der Waals surface area (Å²) in [5.74, 6) is 0.216. The van der Waals surface area contributed by atoms with Crippen LogP contribution in [0.1, 0.15) is 25.3 Å². The predicted molar refractivity (Wildman–Crippen MR) is 59.1 cm³/mol. The van der Waals surface area contributed by atoms with Crippen molar-refractivity contribution in [2.45, 2.75) is 19.8 Å². The highest BCUT2D eigenvalue weighted by Crippen LogP contribution is 2.33. The lowest BCUT2D eigenvalue weighted by molar-refractivity contribution is 0.132. The fraction of sp³-hybridized carbons (Fsp3) is 0.500. The molecule has 0 spiro atoms. The van der Waals surface area contributed by atoms with E-state index in [1.54, 1.807) is 0 Å². The molecule has 0 aromatic heterocycles. The van der Waals surface area contributed by atoms with Gasteiger partial charge in [0.2, 0.25) is 0 Å². The van der Waals surface area contributed by atoms with Gasteiger partial charge in [-0.3, -0.25) is 0 Å². The van der Waals surface area contributed by atoms with Crippen LogP contribution in [0.5, 0.6) is 0 Å². The zero-order valence-electron chi connectivity index (χ0n) is 8.90. The fourth-order valence-electron chi connectivity index (χ4n) is 1.70. The monoisotopic (exact) mass is 193 g/mol. The molecule has 0 saturated heterocycles. The van der Waals surface area contributed by atoms with Crippen LogP contribution in [0, 0.1) is 5.41 Å². The Morgan fingerprint density at radius 3 is 2.29 bits per heavy atom. The Morgan fingerprint density at radius 1 is 1.29 bits per heavy atom. The molecular weight excluding hydrogens is 174 g/mol. The van der Waals surface area contributed by atoms with E-state index in [1.807, 2.05) is 32.0 Å². The maximum absolute atomic E-state index is 9.30. The number of nitrogens with two attached hydrogens (primary N) is 1. The highest BCUT2D eigenvalue weighted by molar-refractivity contribution is 5.22. The minimum absolute atomic E-state index is 0.157. The van der Waals surface area contributed by atoms with Gasteiger partial charge in [0, 0.05) is 12.5 Å². The zero-order chi connectivity index (χ0) is 10.6. The van der Waals surface area contributed by atoms with Gasteiger partial charge in [-0.05, 0) is 17.5 Å². The van der Waals surface area contributed by atoms with Gasteiger partial charge in [0.25, 0.3) is 0 Å². The third kappa shape index (κ3) is 2.34. The van der Waals surface area contributed by atoms with Crippen molar-refractivity contribution in [1.82, 2.24) is 0 Å². The summed E-state index contributed by atoms with van der Waals surface area (Å²) in [6.07, 6.45) is 0. The minimum Gasteiger partial charge on any atom is -0.396 e. The van der Waals surface area contributed by atoms with Crippen molar-refractivity contribution in [2.24, 2.45) is 11.1 Å². The largest absolute Gasteiger partial charge is 0.396 e. The Kier molecular flexibility index (Phi) is 3.67. The van der Waals surface area contributed by atoms with E-state index in [0.29, 0.717) is 6.54 Å². The molecule has 3 N–H and O–H groups in total. The maximum atomic E-state index is 9.30. The second-order valence-electron chi connectivity index (χ2n) is 4.35. The Bertz CT molecular complexity index is 269. The molecular formula is C12H19NO. The van der Waals surface area contributed by atoms with E-state index >= 15 is 0 Å². The number of rotatable bonds is 4. The third-order valence-electron chi connectivity index (χ3n) is 2.79. The molecule has 14 heavy (non-hydrogen) atoms. The van der Waals surface area contributed by atoms with Crippen molar-refractivity contribution in [1.29, 1.82) is 0 Å². The van der Waals surface area contributed by atoms with Crippen LogP contribution < -0.4 is 5.73 Å². The quantitative estimate of drug-likeness (QED) is 0.765. The molecule has 0 aliphatic rings. The first-order chi connectivity index (χ1) is 6.61. The molecule has 2 heteroatoms. The molecule has 0 saturated carbocycles. The SMILES string of the molecule is CC(C)(CO)[C@@H](CN)c1ccccc1. The van der Waals surface area contributed by atoms with Crippen LogP contribution in [0.15, 0.2) is 30.3 Å². The van der Waals surface area contributed by atoms with Gasteiger partial charge < -0.3 is 10.8 Å². The first-order valence-corrected chi connectivity index (χ1v) is 4.97. The Balaban J connectivity index is 2.93. The van der Waals surface area contributed by atoms with Gasteiger partial charge in [-0.15, -0.1) is 0 Å². The van der Waals surface area contributed by atoms with Gasteiger partial charge in [0.1, 0.15) is 0 Å². The summed E-state index contributed by atoms with van der Waals surface area (Å²) in [6.45, 7) is 4.80. The highest BCUT2D eigenvalue weighted by atomic mass is 16.3. The van der Waals surface area contributed by atoms with Crippen LogP contribution in [0.4, 0.5) is 0 Å². The second kappa shape index (κ2) is 4.58. The smallest absolute Gasteiger partial charge is 0.0488 e. The van der Waals surface area contributed by atoms with Crippen LogP contribution in [0.3, 0.4) is 0 Å². The number of aliphatic hydroxyl groups is 1. The van der Waals surface area contributed by atoms with Crippen molar-refractivity contribution < 1.29 is 5.11 Å². The lowest BCUT2D eigenvalue weighted by Crippen LogP contribution is -2.31. The van der Waals surface area contributed by atoms with Crippen LogP contribution in [-0.4, -0.2) is 18.3 Å². The molecule has 1 aromatic carbocycles. The summed E-state index contributed by atoms with van der Waals surface area (Å²) in [5.41, 5.74) is 6.80. The number of benzene rings is 1. The molecule has 0 aliphatic carbocycles. The molecule has 1 atom stereocenters. The normalized spacial score (nSPS) is 14.0. The summed E-state index contributed by atoms with van der Waals surface area (Å²) in [5, 5.41) is 9.30. The van der Waals surface area contributed by atoms with Crippen molar-refractivity contribution >= 4 is 0 Å². The van der Waals surface area contributed by atoms with E-state index in [-0.39, 0.29) is 17.9 Å². The fourth-order valence-corrected chi connectivity index (χ4v) is 1.70. The first kappa shape index (κ1) is 11.2. The molecule has 0 amide bonds. The number of hydrogen-bond acceptors (Lipinski definition) is 2. The summed E-state index contributed by atoms with van der Waals surface area (Å²) in [6, 6.07) is 10.1. The lowest BCUT2D eigenvalue weighted by Gasteiger charge is -2.32. The molecule has 0 heterocycles. The Labute approximate surface area is 85.8 Å². The van der Waals surface area contributed by atoms with E-state index in [0.717, 1.165) is 0 Å². The van der Waals surface area contributed by atoms with Gasteiger partial charge >= 0.3 is 0 Å². The highest BCUT2D eigenvalue weighted by Gasteiger charge is 2.28. The van der Waals surface area contributed by atoms with Crippen LogP contribution in [0.25, 0.3) is 0 Å². The zero-order valence-corrected chi connectivity index (χ0v) is 8.90. The van der Waals surface area contributed by atoms with E-state index in [1.165, 1.54) is 5.56 Å². The summed E-state index contributed by atoms with van der Waals surface area (Å²) in [4.78, 5) is 0. The number of hydrogen-bond donors (Lipinski definition) is 2.